The van der Waals surface area contributed by atoms with Crippen molar-refractivity contribution in [3.05, 3.63) is 21.8 Å². The van der Waals surface area contributed by atoms with E-state index in [1.54, 1.807) is 23.4 Å². The maximum absolute atomic E-state index is 12.2. The highest BCUT2D eigenvalue weighted by molar-refractivity contribution is 7.99. The van der Waals surface area contributed by atoms with Crippen LogP contribution in [0.1, 0.15) is 25.7 Å². The molecule has 0 aliphatic heterocycles. The van der Waals surface area contributed by atoms with Crippen molar-refractivity contribution in [2.45, 2.75) is 42.2 Å². The zero-order valence-electron chi connectivity index (χ0n) is 10.7. The molecule has 0 aromatic carbocycles. The normalized spacial score (nSPS) is 23.9. The summed E-state index contributed by atoms with van der Waals surface area (Å²) in [5, 5.41) is 13.5. The minimum Gasteiger partial charge on any atom is -0.392 e. The van der Waals surface area contributed by atoms with Gasteiger partial charge in [0.1, 0.15) is 4.83 Å². The summed E-state index contributed by atoms with van der Waals surface area (Å²) < 4.78 is 1.60. The maximum atomic E-state index is 12.2. The van der Waals surface area contributed by atoms with Gasteiger partial charge in [-0.1, -0.05) is 24.6 Å². The van der Waals surface area contributed by atoms with Crippen molar-refractivity contribution in [3.8, 4) is 0 Å². The van der Waals surface area contributed by atoms with Crippen molar-refractivity contribution in [1.29, 1.82) is 0 Å². The first-order valence-corrected chi connectivity index (χ1v) is 8.21. The summed E-state index contributed by atoms with van der Waals surface area (Å²) in [6.45, 7) is 0. The molecule has 1 N–H and O–H groups in total. The van der Waals surface area contributed by atoms with Crippen LogP contribution in [0.15, 0.2) is 21.4 Å². The van der Waals surface area contributed by atoms with Gasteiger partial charge in [0, 0.05) is 12.3 Å². The second-order valence-electron chi connectivity index (χ2n) is 4.91. The summed E-state index contributed by atoms with van der Waals surface area (Å²) in [5.74, 6) is 0. The molecule has 0 amide bonds. The van der Waals surface area contributed by atoms with Gasteiger partial charge in [-0.3, -0.25) is 9.36 Å². The zero-order chi connectivity index (χ0) is 13.4. The van der Waals surface area contributed by atoms with E-state index in [1.165, 1.54) is 11.3 Å². The summed E-state index contributed by atoms with van der Waals surface area (Å²) in [5.41, 5.74) is -0.000880. The highest BCUT2D eigenvalue weighted by Gasteiger charge is 2.25. The summed E-state index contributed by atoms with van der Waals surface area (Å²) in [6, 6.07) is 1.82. The summed E-state index contributed by atoms with van der Waals surface area (Å²) in [4.78, 5) is 17.5. The molecular weight excluding hydrogens is 280 g/mol. The van der Waals surface area contributed by atoms with E-state index < -0.39 is 0 Å². The van der Waals surface area contributed by atoms with Crippen molar-refractivity contribution < 1.29 is 5.11 Å². The number of hydrogen-bond donors (Lipinski definition) is 1. The van der Waals surface area contributed by atoms with Gasteiger partial charge in [-0.2, -0.15) is 0 Å². The third-order valence-corrected chi connectivity index (χ3v) is 5.82. The molecule has 0 spiro atoms. The lowest BCUT2D eigenvalue weighted by atomic mass is 9.97. The van der Waals surface area contributed by atoms with Gasteiger partial charge in [0.15, 0.2) is 5.16 Å². The van der Waals surface area contributed by atoms with Crippen LogP contribution >= 0.6 is 23.1 Å². The Labute approximate surface area is 119 Å². The van der Waals surface area contributed by atoms with Crippen LogP contribution in [-0.4, -0.2) is 26.0 Å². The van der Waals surface area contributed by atoms with Gasteiger partial charge in [-0.05, 0) is 24.3 Å². The molecule has 102 valence electrons. The average molecular weight is 296 g/mol. The Morgan fingerprint density at radius 2 is 2.26 bits per heavy atom. The summed E-state index contributed by atoms with van der Waals surface area (Å²) >= 11 is 3.03. The molecule has 2 heterocycles. The highest BCUT2D eigenvalue weighted by Crippen LogP contribution is 2.33. The molecule has 2 aromatic heterocycles. The van der Waals surface area contributed by atoms with Gasteiger partial charge >= 0.3 is 0 Å². The minimum absolute atomic E-state index is 0.000880. The number of aromatic nitrogens is 2. The van der Waals surface area contributed by atoms with Crippen LogP contribution in [0.25, 0.3) is 10.2 Å². The van der Waals surface area contributed by atoms with Crippen molar-refractivity contribution in [2.75, 3.05) is 0 Å². The van der Waals surface area contributed by atoms with E-state index in [0.29, 0.717) is 10.5 Å². The van der Waals surface area contributed by atoms with E-state index in [-0.39, 0.29) is 16.9 Å². The van der Waals surface area contributed by atoms with Crippen molar-refractivity contribution in [3.63, 3.8) is 0 Å². The van der Waals surface area contributed by atoms with Crippen molar-refractivity contribution in [2.24, 2.45) is 7.05 Å². The second kappa shape index (κ2) is 5.26. The molecule has 0 radical (unpaired) electrons. The predicted octanol–water partition coefficient (Wildman–Crippen LogP) is 2.39. The summed E-state index contributed by atoms with van der Waals surface area (Å²) in [7, 11) is 1.75. The van der Waals surface area contributed by atoms with Crippen LogP contribution in [0.2, 0.25) is 0 Å². The van der Waals surface area contributed by atoms with Gasteiger partial charge in [0.2, 0.25) is 0 Å². The fourth-order valence-corrected chi connectivity index (χ4v) is 4.48. The predicted molar refractivity (Wildman–Crippen MR) is 79.0 cm³/mol. The number of aliphatic hydroxyl groups excluding tert-OH is 1. The molecule has 1 aliphatic carbocycles. The molecule has 0 bridgehead atoms. The minimum atomic E-state index is -0.283. The molecule has 1 saturated carbocycles. The molecule has 4 nitrogen and oxygen atoms in total. The molecule has 1 aliphatic rings. The Balaban J connectivity index is 1.96. The topological polar surface area (TPSA) is 55.1 Å². The van der Waals surface area contributed by atoms with Gasteiger partial charge in [-0.15, -0.1) is 11.3 Å². The SMILES string of the molecule is Cn1c(SC2CCCCC2O)nc2sccc2c1=O. The Morgan fingerprint density at radius 1 is 1.47 bits per heavy atom. The average Bonchev–Trinajstić information content (AvgIpc) is 2.86. The number of hydrogen-bond acceptors (Lipinski definition) is 5. The molecule has 6 heteroatoms. The lowest BCUT2D eigenvalue weighted by Crippen LogP contribution is -2.28. The van der Waals surface area contributed by atoms with Crippen LogP contribution in [0.4, 0.5) is 0 Å². The van der Waals surface area contributed by atoms with Crippen LogP contribution < -0.4 is 5.56 Å². The van der Waals surface area contributed by atoms with Gasteiger partial charge in [0.25, 0.3) is 5.56 Å². The number of fused-ring (bicyclic) bond motifs is 1. The highest BCUT2D eigenvalue weighted by atomic mass is 32.2. The third-order valence-electron chi connectivity index (χ3n) is 3.59. The molecule has 1 fully saturated rings. The largest absolute Gasteiger partial charge is 0.392 e. The Bertz CT molecular complexity index is 650. The van der Waals surface area contributed by atoms with E-state index in [4.69, 9.17) is 0 Å². The standard InChI is InChI=1S/C13H16N2O2S2/c1-15-12(17)8-6-7-18-11(8)14-13(15)19-10-5-3-2-4-9(10)16/h6-7,9-10,16H,2-5H2,1H3. The Hall–Kier alpha value is -0.850. The first-order chi connectivity index (χ1) is 9.16. The lowest BCUT2D eigenvalue weighted by Gasteiger charge is -2.26. The Morgan fingerprint density at radius 3 is 3.05 bits per heavy atom. The maximum Gasteiger partial charge on any atom is 0.262 e. The molecule has 3 rings (SSSR count). The van der Waals surface area contributed by atoms with E-state index in [0.717, 1.165) is 30.5 Å². The smallest absolute Gasteiger partial charge is 0.262 e. The molecule has 2 atom stereocenters. The number of thioether (sulfide) groups is 1. The van der Waals surface area contributed by atoms with Crippen LogP contribution in [0.5, 0.6) is 0 Å². The second-order valence-corrected chi connectivity index (χ2v) is 7.01. The van der Waals surface area contributed by atoms with Crippen LogP contribution in [0.3, 0.4) is 0 Å². The molecule has 0 saturated heterocycles. The number of nitrogens with zero attached hydrogens (tertiary/aromatic N) is 2. The lowest BCUT2D eigenvalue weighted by molar-refractivity contribution is 0.137. The van der Waals surface area contributed by atoms with Gasteiger partial charge in [-0.25, -0.2) is 4.98 Å². The first kappa shape index (κ1) is 13.1. The third kappa shape index (κ3) is 2.44. The fraction of sp³-hybridized carbons (Fsp3) is 0.538. The molecule has 2 aromatic rings. The van der Waals surface area contributed by atoms with E-state index in [9.17, 15) is 9.90 Å². The quantitative estimate of drug-likeness (QED) is 0.865. The van der Waals surface area contributed by atoms with Gasteiger partial charge in [0.05, 0.1) is 11.5 Å². The Kier molecular flexibility index (Phi) is 3.64. The number of aliphatic hydroxyl groups is 1. The zero-order valence-corrected chi connectivity index (χ0v) is 12.3. The van der Waals surface area contributed by atoms with E-state index in [1.807, 2.05) is 11.4 Å². The first-order valence-electron chi connectivity index (χ1n) is 6.46. The number of thiophene rings is 1. The summed E-state index contributed by atoms with van der Waals surface area (Å²) in [6.07, 6.45) is 3.80. The van der Waals surface area contributed by atoms with Crippen LogP contribution in [-0.2, 0) is 7.05 Å². The molecule has 2 unspecified atom stereocenters. The number of rotatable bonds is 2. The van der Waals surface area contributed by atoms with Crippen LogP contribution in [0, 0.1) is 0 Å². The van der Waals surface area contributed by atoms with E-state index in [2.05, 4.69) is 4.98 Å². The van der Waals surface area contributed by atoms with E-state index >= 15 is 0 Å². The molecular formula is C13H16N2O2S2. The molecule has 19 heavy (non-hydrogen) atoms. The fourth-order valence-electron chi connectivity index (χ4n) is 2.44. The van der Waals surface area contributed by atoms with Crippen molar-refractivity contribution in [1.82, 2.24) is 9.55 Å². The van der Waals surface area contributed by atoms with Gasteiger partial charge < -0.3 is 5.11 Å². The monoisotopic (exact) mass is 296 g/mol. The van der Waals surface area contributed by atoms with Crippen molar-refractivity contribution >= 4 is 33.3 Å².